The predicted molar refractivity (Wildman–Crippen MR) is 138 cm³/mol. The molecule has 0 saturated carbocycles. The molecule has 0 aliphatic heterocycles. The lowest BCUT2D eigenvalue weighted by Crippen LogP contribution is -2.25. The van der Waals surface area contributed by atoms with E-state index in [4.69, 9.17) is 14.2 Å². The number of ether oxygens (including phenoxy) is 3. The molecule has 5 heteroatoms. The topological polar surface area (TPSA) is 49.7 Å². The normalized spacial score (nSPS) is 11.3. The second kappa shape index (κ2) is 14.9. The summed E-state index contributed by atoms with van der Waals surface area (Å²) in [6.07, 6.45) is 11.3. The van der Waals surface area contributed by atoms with Crippen molar-refractivity contribution < 1.29 is 14.2 Å². The van der Waals surface area contributed by atoms with Crippen molar-refractivity contribution in [3.8, 4) is 17.2 Å². The molecular formula is C28H45NO4. The second-order valence-corrected chi connectivity index (χ2v) is 9.13. The van der Waals surface area contributed by atoms with Crippen molar-refractivity contribution in [2.24, 2.45) is 0 Å². The molecule has 1 heterocycles. The number of pyridine rings is 1. The van der Waals surface area contributed by atoms with Gasteiger partial charge in [0.05, 0.1) is 25.3 Å². The third-order valence-electron chi connectivity index (χ3n) is 5.86. The largest absolute Gasteiger partial charge is 0.494 e. The van der Waals surface area contributed by atoms with E-state index in [9.17, 15) is 4.79 Å². The molecule has 0 unspecified atom stereocenters. The third-order valence-corrected chi connectivity index (χ3v) is 5.86. The Labute approximate surface area is 200 Å². The first-order valence-corrected chi connectivity index (χ1v) is 13.2. The van der Waals surface area contributed by atoms with Gasteiger partial charge in [-0.05, 0) is 45.2 Å². The average molecular weight is 460 g/mol. The standard InChI is InChI=1S/C28H45NO4/c1-6-9-12-13-14-15-20-31-23-16-17-24-25(21-23)29(22(4)5)28(30)27(33-19-11-8-3)26(24)32-18-10-7-2/h16-17,21-22H,6-15,18-20H2,1-5H3. The molecule has 0 N–H and O–H groups in total. The van der Waals surface area contributed by atoms with Crippen LogP contribution in [0.1, 0.15) is 105 Å². The molecule has 0 bridgehead atoms. The van der Waals surface area contributed by atoms with Crippen LogP contribution in [0.15, 0.2) is 23.0 Å². The molecule has 0 aliphatic rings. The van der Waals surface area contributed by atoms with Gasteiger partial charge in [-0.15, -0.1) is 0 Å². The number of hydrogen-bond acceptors (Lipinski definition) is 4. The van der Waals surface area contributed by atoms with Gasteiger partial charge in [0.2, 0.25) is 5.75 Å². The summed E-state index contributed by atoms with van der Waals surface area (Å²) in [5.41, 5.74) is 0.706. The summed E-state index contributed by atoms with van der Waals surface area (Å²) in [4.78, 5) is 13.5. The van der Waals surface area contributed by atoms with Gasteiger partial charge in [0.15, 0.2) is 5.75 Å². The van der Waals surface area contributed by atoms with E-state index in [2.05, 4.69) is 20.8 Å². The van der Waals surface area contributed by atoms with Gasteiger partial charge in [0.1, 0.15) is 5.75 Å². The van der Waals surface area contributed by atoms with Gasteiger partial charge in [0, 0.05) is 17.5 Å². The maximum atomic E-state index is 13.5. The zero-order valence-corrected chi connectivity index (χ0v) is 21.6. The number of aromatic nitrogens is 1. The van der Waals surface area contributed by atoms with Gasteiger partial charge in [-0.25, -0.2) is 0 Å². The van der Waals surface area contributed by atoms with Crippen LogP contribution in [0.5, 0.6) is 17.2 Å². The molecule has 5 nitrogen and oxygen atoms in total. The van der Waals surface area contributed by atoms with Crippen LogP contribution in [0, 0.1) is 0 Å². The van der Waals surface area contributed by atoms with E-state index < -0.39 is 0 Å². The van der Waals surface area contributed by atoms with Crippen molar-refractivity contribution in [2.45, 2.75) is 105 Å². The first-order valence-electron chi connectivity index (χ1n) is 13.2. The molecule has 0 atom stereocenters. The quantitative estimate of drug-likeness (QED) is 0.228. The van der Waals surface area contributed by atoms with Crippen LogP contribution < -0.4 is 19.8 Å². The zero-order valence-electron chi connectivity index (χ0n) is 21.6. The van der Waals surface area contributed by atoms with Gasteiger partial charge in [-0.2, -0.15) is 0 Å². The molecule has 0 fully saturated rings. The highest BCUT2D eigenvalue weighted by Gasteiger charge is 2.21. The molecule has 0 amide bonds. The van der Waals surface area contributed by atoms with Crippen LogP contribution in [0.2, 0.25) is 0 Å². The number of hydrogen-bond donors (Lipinski definition) is 0. The Kier molecular flexibility index (Phi) is 12.2. The molecule has 1 aromatic carbocycles. The molecule has 2 rings (SSSR count). The summed E-state index contributed by atoms with van der Waals surface area (Å²) >= 11 is 0. The number of nitrogens with zero attached hydrogens (tertiary/aromatic N) is 1. The summed E-state index contributed by atoms with van der Waals surface area (Å²) in [6, 6.07) is 5.97. The number of fused-ring (bicyclic) bond motifs is 1. The maximum Gasteiger partial charge on any atom is 0.297 e. The monoisotopic (exact) mass is 459 g/mol. The van der Waals surface area contributed by atoms with Gasteiger partial charge >= 0.3 is 0 Å². The Morgan fingerprint density at radius 2 is 1.30 bits per heavy atom. The van der Waals surface area contributed by atoms with Crippen molar-refractivity contribution in [3.63, 3.8) is 0 Å². The van der Waals surface area contributed by atoms with Gasteiger partial charge < -0.3 is 18.8 Å². The Morgan fingerprint density at radius 3 is 1.94 bits per heavy atom. The van der Waals surface area contributed by atoms with Crippen LogP contribution in [0.25, 0.3) is 10.9 Å². The fourth-order valence-electron chi connectivity index (χ4n) is 3.92. The molecule has 0 saturated heterocycles. The van der Waals surface area contributed by atoms with E-state index in [1.807, 2.05) is 32.0 Å². The summed E-state index contributed by atoms with van der Waals surface area (Å²) in [6.45, 7) is 12.3. The molecule has 1 aromatic heterocycles. The van der Waals surface area contributed by atoms with Crippen molar-refractivity contribution in [2.75, 3.05) is 19.8 Å². The minimum Gasteiger partial charge on any atom is -0.494 e. The average Bonchev–Trinajstić information content (AvgIpc) is 2.79. The number of rotatable bonds is 17. The third kappa shape index (κ3) is 7.97. The zero-order chi connectivity index (χ0) is 24.1. The van der Waals surface area contributed by atoms with Crippen LogP contribution in [-0.2, 0) is 0 Å². The first kappa shape index (κ1) is 27.1. The van der Waals surface area contributed by atoms with Crippen molar-refractivity contribution in [1.82, 2.24) is 4.57 Å². The highest BCUT2D eigenvalue weighted by molar-refractivity contribution is 5.89. The Bertz CT molecular complexity index is 888. The molecule has 186 valence electrons. The molecular weight excluding hydrogens is 414 g/mol. The molecule has 33 heavy (non-hydrogen) atoms. The van der Waals surface area contributed by atoms with E-state index in [-0.39, 0.29) is 11.6 Å². The fourth-order valence-corrected chi connectivity index (χ4v) is 3.92. The van der Waals surface area contributed by atoms with E-state index in [1.54, 1.807) is 4.57 Å². The van der Waals surface area contributed by atoms with Crippen LogP contribution in [0.3, 0.4) is 0 Å². The number of benzene rings is 1. The smallest absolute Gasteiger partial charge is 0.297 e. The summed E-state index contributed by atoms with van der Waals surface area (Å²) in [5, 5.41) is 0.901. The van der Waals surface area contributed by atoms with Crippen molar-refractivity contribution >= 4 is 10.9 Å². The Morgan fingerprint density at radius 1 is 0.727 bits per heavy atom. The summed E-state index contributed by atoms with van der Waals surface area (Å²) < 4.78 is 20.0. The van der Waals surface area contributed by atoms with Crippen molar-refractivity contribution in [1.29, 1.82) is 0 Å². The van der Waals surface area contributed by atoms with Gasteiger partial charge in [-0.1, -0.05) is 65.7 Å². The second-order valence-electron chi connectivity index (χ2n) is 9.13. The lowest BCUT2D eigenvalue weighted by Gasteiger charge is -2.21. The SMILES string of the molecule is CCCCCCCCOc1ccc2c(OCCCC)c(OCCCC)c(=O)n(C(C)C)c2c1. The highest BCUT2D eigenvalue weighted by Crippen LogP contribution is 2.36. The molecule has 0 radical (unpaired) electrons. The van der Waals surface area contributed by atoms with E-state index in [0.717, 1.165) is 48.8 Å². The minimum atomic E-state index is -0.131. The highest BCUT2D eigenvalue weighted by atomic mass is 16.5. The van der Waals surface area contributed by atoms with Crippen LogP contribution in [-0.4, -0.2) is 24.4 Å². The molecule has 0 aliphatic carbocycles. The van der Waals surface area contributed by atoms with E-state index in [0.29, 0.717) is 31.3 Å². The summed E-state index contributed by atoms with van der Waals surface area (Å²) in [7, 11) is 0. The lowest BCUT2D eigenvalue weighted by atomic mass is 10.1. The minimum absolute atomic E-state index is 0.00738. The predicted octanol–water partition coefficient (Wildman–Crippen LogP) is 7.68. The summed E-state index contributed by atoms with van der Waals surface area (Å²) in [5.74, 6) is 1.70. The first-order chi connectivity index (χ1) is 16.0. The lowest BCUT2D eigenvalue weighted by molar-refractivity contribution is 0.259. The Balaban J connectivity index is 2.34. The van der Waals surface area contributed by atoms with Crippen LogP contribution >= 0.6 is 0 Å². The van der Waals surface area contributed by atoms with Gasteiger partial charge in [0.25, 0.3) is 5.56 Å². The fraction of sp³-hybridized carbons (Fsp3) is 0.679. The maximum absolute atomic E-state index is 13.5. The van der Waals surface area contributed by atoms with Crippen LogP contribution in [0.4, 0.5) is 0 Å². The molecule has 0 spiro atoms. The van der Waals surface area contributed by atoms with E-state index in [1.165, 1.54) is 32.1 Å². The Hall–Kier alpha value is -2.17. The number of unbranched alkanes of at least 4 members (excludes halogenated alkanes) is 7. The van der Waals surface area contributed by atoms with E-state index >= 15 is 0 Å². The van der Waals surface area contributed by atoms with Crippen molar-refractivity contribution in [3.05, 3.63) is 28.6 Å². The van der Waals surface area contributed by atoms with Gasteiger partial charge in [-0.3, -0.25) is 4.79 Å². The molecule has 2 aromatic rings.